The Hall–Kier alpha value is -0.220. The van der Waals surface area contributed by atoms with E-state index in [1.165, 1.54) is 18.6 Å². The molecule has 0 aromatic rings. The van der Waals surface area contributed by atoms with Gasteiger partial charge >= 0.3 is 5.97 Å². The molecule has 0 amide bonds. The van der Waals surface area contributed by atoms with Gasteiger partial charge in [-0.1, -0.05) is 6.92 Å². The zero-order valence-electron chi connectivity index (χ0n) is 8.91. The molecule has 3 nitrogen and oxygen atoms in total. The van der Waals surface area contributed by atoms with Crippen LogP contribution in [-0.2, 0) is 9.53 Å². The highest BCUT2D eigenvalue weighted by atomic mass is 32.2. The maximum absolute atomic E-state index is 11.1. The van der Waals surface area contributed by atoms with Gasteiger partial charge in [-0.05, 0) is 25.5 Å². The summed E-state index contributed by atoms with van der Waals surface area (Å²) in [5.41, 5.74) is 0. The lowest BCUT2D eigenvalue weighted by Gasteiger charge is -2.28. The highest BCUT2D eigenvalue weighted by Gasteiger charge is 2.21. The molecule has 1 saturated heterocycles. The Kier molecular flexibility index (Phi) is 5.33. The molecule has 2 unspecified atom stereocenters. The summed E-state index contributed by atoms with van der Waals surface area (Å²) < 4.78 is 4.86. The van der Waals surface area contributed by atoms with E-state index in [4.69, 9.17) is 4.74 Å². The summed E-state index contributed by atoms with van der Waals surface area (Å²) in [6.45, 7) is 4.86. The minimum Gasteiger partial charge on any atom is -0.465 e. The van der Waals surface area contributed by atoms with Crippen molar-refractivity contribution in [2.45, 2.75) is 38.0 Å². The topological polar surface area (TPSA) is 38.3 Å². The highest BCUT2D eigenvalue weighted by molar-refractivity contribution is 7.99. The molecule has 1 rings (SSSR count). The van der Waals surface area contributed by atoms with E-state index in [0.717, 1.165) is 0 Å². The van der Waals surface area contributed by atoms with Crippen LogP contribution in [0.25, 0.3) is 0 Å². The molecule has 0 aliphatic carbocycles. The van der Waals surface area contributed by atoms with Crippen molar-refractivity contribution < 1.29 is 9.53 Å². The Balaban J connectivity index is 2.19. The Labute approximate surface area is 90.0 Å². The molecule has 0 spiro atoms. The smallest absolute Gasteiger partial charge is 0.319 e. The molecular formula is C10H19NO2S. The third-order valence-corrected chi connectivity index (χ3v) is 3.80. The standard InChI is InChI=1S/C10H19NO2S/c1-3-13-10(12)7-11-9-5-4-6-14-8(9)2/h8-9,11H,3-7H2,1-2H3. The van der Waals surface area contributed by atoms with Gasteiger partial charge in [-0.25, -0.2) is 0 Å². The number of carbonyl (C=O) groups is 1. The summed E-state index contributed by atoms with van der Waals surface area (Å²) in [5.74, 6) is 1.11. The van der Waals surface area contributed by atoms with Crippen LogP contribution >= 0.6 is 11.8 Å². The Morgan fingerprint density at radius 2 is 2.43 bits per heavy atom. The fourth-order valence-electron chi connectivity index (χ4n) is 1.62. The van der Waals surface area contributed by atoms with Crippen LogP contribution in [0.15, 0.2) is 0 Å². The van der Waals surface area contributed by atoms with E-state index in [9.17, 15) is 4.79 Å². The van der Waals surface area contributed by atoms with Crippen molar-refractivity contribution in [3.05, 3.63) is 0 Å². The maximum Gasteiger partial charge on any atom is 0.319 e. The molecule has 0 radical (unpaired) electrons. The van der Waals surface area contributed by atoms with E-state index in [1.54, 1.807) is 0 Å². The average molecular weight is 217 g/mol. The molecule has 0 saturated carbocycles. The van der Waals surface area contributed by atoms with Gasteiger partial charge in [0.25, 0.3) is 0 Å². The molecule has 0 aromatic heterocycles. The third kappa shape index (κ3) is 3.88. The molecular weight excluding hydrogens is 198 g/mol. The third-order valence-electron chi connectivity index (χ3n) is 2.42. The van der Waals surface area contributed by atoms with E-state index in [2.05, 4.69) is 12.2 Å². The fraction of sp³-hybridized carbons (Fsp3) is 0.900. The number of thioether (sulfide) groups is 1. The Bertz CT molecular complexity index is 187. The molecule has 4 heteroatoms. The number of esters is 1. The molecule has 0 bridgehead atoms. The minimum absolute atomic E-state index is 0.143. The van der Waals surface area contributed by atoms with E-state index < -0.39 is 0 Å². The summed E-state index contributed by atoms with van der Waals surface area (Å²) in [7, 11) is 0. The van der Waals surface area contributed by atoms with E-state index >= 15 is 0 Å². The summed E-state index contributed by atoms with van der Waals surface area (Å²) in [4.78, 5) is 11.1. The van der Waals surface area contributed by atoms with Crippen LogP contribution in [0.3, 0.4) is 0 Å². The summed E-state index contributed by atoms with van der Waals surface area (Å²) >= 11 is 1.98. The van der Waals surface area contributed by atoms with E-state index in [1.807, 2.05) is 18.7 Å². The van der Waals surface area contributed by atoms with Gasteiger partial charge in [-0.3, -0.25) is 4.79 Å². The van der Waals surface area contributed by atoms with Crippen LogP contribution in [-0.4, -0.2) is 36.2 Å². The Morgan fingerprint density at radius 3 is 3.07 bits per heavy atom. The molecule has 1 aliphatic rings. The molecule has 14 heavy (non-hydrogen) atoms. The molecule has 82 valence electrons. The first-order valence-electron chi connectivity index (χ1n) is 5.24. The minimum atomic E-state index is -0.143. The van der Waals surface area contributed by atoms with Crippen molar-refractivity contribution in [1.82, 2.24) is 5.32 Å². The second-order valence-corrected chi connectivity index (χ2v) is 5.00. The van der Waals surface area contributed by atoms with Gasteiger partial charge in [0.15, 0.2) is 0 Å². The van der Waals surface area contributed by atoms with Crippen molar-refractivity contribution in [3.63, 3.8) is 0 Å². The largest absolute Gasteiger partial charge is 0.465 e. The zero-order valence-corrected chi connectivity index (χ0v) is 9.73. The second kappa shape index (κ2) is 6.30. The first kappa shape index (κ1) is 11.9. The van der Waals surface area contributed by atoms with Crippen LogP contribution in [0.2, 0.25) is 0 Å². The van der Waals surface area contributed by atoms with E-state index in [-0.39, 0.29) is 5.97 Å². The Morgan fingerprint density at radius 1 is 1.64 bits per heavy atom. The van der Waals surface area contributed by atoms with Gasteiger partial charge in [0.05, 0.1) is 13.2 Å². The number of hydrogen-bond acceptors (Lipinski definition) is 4. The molecule has 2 atom stereocenters. The quantitative estimate of drug-likeness (QED) is 0.723. The molecule has 1 heterocycles. The monoisotopic (exact) mass is 217 g/mol. The number of nitrogens with one attached hydrogen (secondary N) is 1. The van der Waals surface area contributed by atoms with Crippen LogP contribution in [0.5, 0.6) is 0 Å². The lowest BCUT2D eigenvalue weighted by atomic mass is 10.1. The van der Waals surface area contributed by atoms with Gasteiger partial charge < -0.3 is 10.1 Å². The predicted molar refractivity (Wildman–Crippen MR) is 59.6 cm³/mol. The van der Waals surface area contributed by atoms with Gasteiger partial charge in [-0.2, -0.15) is 11.8 Å². The van der Waals surface area contributed by atoms with Crippen LogP contribution in [0.1, 0.15) is 26.7 Å². The number of carbonyl (C=O) groups excluding carboxylic acids is 1. The summed E-state index contributed by atoms with van der Waals surface area (Å²) in [5, 5.41) is 3.87. The first-order chi connectivity index (χ1) is 6.74. The van der Waals surface area contributed by atoms with Crippen LogP contribution < -0.4 is 5.32 Å². The molecule has 0 aromatic carbocycles. The van der Waals surface area contributed by atoms with Gasteiger partial charge in [0.2, 0.25) is 0 Å². The molecule has 1 fully saturated rings. The molecule has 1 N–H and O–H groups in total. The van der Waals surface area contributed by atoms with Crippen molar-refractivity contribution in [3.8, 4) is 0 Å². The predicted octanol–water partition coefficient (Wildman–Crippen LogP) is 1.42. The van der Waals surface area contributed by atoms with Crippen molar-refractivity contribution in [1.29, 1.82) is 0 Å². The van der Waals surface area contributed by atoms with Crippen molar-refractivity contribution in [2.75, 3.05) is 18.9 Å². The number of ether oxygens (including phenoxy) is 1. The lowest BCUT2D eigenvalue weighted by molar-refractivity contribution is -0.142. The van der Waals surface area contributed by atoms with Crippen molar-refractivity contribution >= 4 is 17.7 Å². The number of hydrogen-bond donors (Lipinski definition) is 1. The zero-order chi connectivity index (χ0) is 10.4. The van der Waals surface area contributed by atoms with Gasteiger partial charge in [0, 0.05) is 11.3 Å². The SMILES string of the molecule is CCOC(=O)CNC1CCCSC1C. The summed E-state index contributed by atoms with van der Waals surface area (Å²) in [6.07, 6.45) is 2.42. The highest BCUT2D eigenvalue weighted by Crippen LogP contribution is 2.24. The maximum atomic E-state index is 11.1. The van der Waals surface area contributed by atoms with E-state index in [0.29, 0.717) is 24.4 Å². The van der Waals surface area contributed by atoms with Crippen molar-refractivity contribution in [2.24, 2.45) is 0 Å². The summed E-state index contributed by atoms with van der Waals surface area (Å²) in [6, 6.07) is 0.471. The molecule has 1 aliphatic heterocycles. The average Bonchev–Trinajstić information content (AvgIpc) is 2.17. The van der Waals surface area contributed by atoms with Crippen LogP contribution in [0, 0.1) is 0 Å². The first-order valence-corrected chi connectivity index (χ1v) is 6.29. The van der Waals surface area contributed by atoms with Gasteiger partial charge in [-0.15, -0.1) is 0 Å². The fourth-order valence-corrected chi connectivity index (χ4v) is 2.79. The second-order valence-electron chi connectivity index (χ2n) is 3.51. The lowest BCUT2D eigenvalue weighted by Crippen LogP contribution is -2.42. The number of rotatable bonds is 4. The van der Waals surface area contributed by atoms with Crippen LogP contribution in [0.4, 0.5) is 0 Å². The van der Waals surface area contributed by atoms with Gasteiger partial charge in [0.1, 0.15) is 0 Å². The normalized spacial score (nSPS) is 27.3.